The molecule has 5 nitrogen and oxygen atoms in total. The van der Waals surface area contributed by atoms with Crippen LogP contribution in [0.15, 0.2) is 34.1 Å². The Morgan fingerprint density at radius 1 is 1.28 bits per heavy atom. The maximum absolute atomic E-state index is 12.3. The number of furan rings is 1. The molecular formula is C19H20N2O3S. The number of nitrogens with one attached hydrogen (secondary N) is 1. The van der Waals surface area contributed by atoms with Gasteiger partial charge in [-0.25, -0.2) is 4.98 Å². The Kier molecular flexibility index (Phi) is 4.44. The van der Waals surface area contributed by atoms with E-state index in [4.69, 9.17) is 9.15 Å². The van der Waals surface area contributed by atoms with Crippen LogP contribution in [-0.4, -0.2) is 18.0 Å². The molecule has 1 fully saturated rings. The quantitative estimate of drug-likeness (QED) is 0.708. The topological polar surface area (TPSA) is 64.4 Å². The van der Waals surface area contributed by atoms with E-state index in [0.29, 0.717) is 10.9 Å². The van der Waals surface area contributed by atoms with E-state index in [2.05, 4.69) is 10.3 Å². The maximum atomic E-state index is 12.3. The third kappa shape index (κ3) is 3.39. The largest absolute Gasteiger partial charge is 0.497 e. The van der Waals surface area contributed by atoms with E-state index in [-0.39, 0.29) is 11.8 Å². The van der Waals surface area contributed by atoms with Crippen molar-refractivity contribution in [3.05, 3.63) is 29.6 Å². The third-order valence-electron chi connectivity index (χ3n) is 4.69. The Balaban J connectivity index is 1.51. The van der Waals surface area contributed by atoms with Crippen molar-refractivity contribution < 1.29 is 13.9 Å². The number of fused-ring (bicyclic) bond motifs is 1. The lowest BCUT2D eigenvalue weighted by Gasteiger charge is -2.19. The van der Waals surface area contributed by atoms with Crippen LogP contribution in [0.1, 0.15) is 32.1 Å². The van der Waals surface area contributed by atoms with Crippen molar-refractivity contribution in [3.63, 3.8) is 0 Å². The van der Waals surface area contributed by atoms with Gasteiger partial charge in [0.2, 0.25) is 5.91 Å². The molecule has 0 unspecified atom stereocenters. The number of thiazole rings is 1. The van der Waals surface area contributed by atoms with E-state index < -0.39 is 0 Å². The third-order valence-corrected chi connectivity index (χ3v) is 5.44. The van der Waals surface area contributed by atoms with Gasteiger partial charge < -0.3 is 14.5 Å². The SMILES string of the molecule is COc1ccc2oc(-c3csc(NC(=O)C4CCCCC4)n3)cc2c1. The predicted octanol–water partition coefficient (Wildman–Crippen LogP) is 5.08. The van der Waals surface area contributed by atoms with Gasteiger partial charge in [0.25, 0.3) is 0 Å². The lowest BCUT2D eigenvalue weighted by atomic mass is 9.89. The van der Waals surface area contributed by atoms with Gasteiger partial charge in [-0.1, -0.05) is 19.3 Å². The highest BCUT2D eigenvalue weighted by Crippen LogP contribution is 2.32. The maximum Gasteiger partial charge on any atom is 0.229 e. The molecule has 1 aromatic carbocycles. The normalized spacial score (nSPS) is 15.4. The molecule has 130 valence electrons. The minimum atomic E-state index is 0.0925. The monoisotopic (exact) mass is 356 g/mol. The molecule has 25 heavy (non-hydrogen) atoms. The summed E-state index contributed by atoms with van der Waals surface area (Å²) in [6, 6.07) is 7.63. The Morgan fingerprint density at radius 2 is 2.12 bits per heavy atom. The summed E-state index contributed by atoms with van der Waals surface area (Å²) >= 11 is 1.43. The van der Waals surface area contributed by atoms with E-state index in [1.54, 1.807) is 7.11 Å². The van der Waals surface area contributed by atoms with E-state index in [1.807, 2.05) is 29.6 Å². The van der Waals surface area contributed by atoms with Crippen molar-refractivity contribution in [2.75, 3.05) is 12.4 Å². The molecule has 1 amide bonds. The second kappa shape index (κ2) is 6.88. The first-order chi connectivity index (χ1) is 12.2. The Labute approximate surface area is 150 Å². The number of anilines is 1. The second-order valence-electron chi connectivity index (χ2n) is 6.38. The molecule has 0 spiro atoms. The number of aromatic nitrogens is 1. The molecule has 3 aromatic rings. The van der Waals surface area contributed by atoms with E-state index in [1.165, 1.54) is 17.8 Å². The van der Waals surface area contributed by atoms with Crippen LogP contribution < -0.4 is 10.1 Å². The standard InChI is InChI=1S/C19H20N2O3S/c1-23-14-7-8-16-13(9-14)10-17(24-16)15-11-25-19(20-15)21-18(22)12-5-3-2-4-6-12/h7-12H,2-6H2,1H3,(H,20,21,22). The number of hydrogen-bond donors (Lipinski definition) is 1. The zero-order valence-electron chi connectivity index (χ0n) is 14.1. The molecule has 1 aliphatic rings. The lowest BCUT2D eigenvalue weighted by Crippen LogP contribution is -2.24. The molecule has 4 rings (SSSR count). The molecule has 1 saturated carbocycles. The number of methoxy groups -OCH3 is 1. The average Bonchev–Trinajstić information content (AvgIpc) is 3.28. The summed E-state index contributed by atoms with van der Waals surface area (Å²) in [5.74, 6) is 1.70. The van der Waals surface area contributed by atoms with Crippen molar-refractivity contribution >= 4 is 33.3 Å². The van der Waals surface area contributed by atoms with E-state index >= 15 is 0 Å². The fourth-order valence-corrected chi connectivity index (χ4v) is 3.99. The van der Waals surface area contributed by atoms with Crippen LogP contribution >= 0.6 is 11.3 Å². The fraction of sp³-hybridized carbons (Fsp3) is 0.368. The van der Waals surface area contributed by atoms with Crippen LogP contribution in [0.25, 0.3) is 22.4 Å². The van der Waals surface area contributed by atoms with Gasteiger partial charge in [0, 0.05) is 16.7 Å². The summed E-state index contributed by atoms with van der Waals surface area (Å²) in [6.45, 7) is 0. The molecule has 2 heterocycles. The molecule has 1 N–H and O–H groups in total. The number of nitrogens with zero attached hydrogens (tertiary/aromatic N) is 1. The number of hydrogen-bond acceptors (Lipinski definition) is 5. The van der Waals surface area contributed by atoms with Crippen LogP contribution in [0, 0.1) is 5.92 Å². The summed E-state index contributed by atoms with van der Waals surface area (Å²) in [6.07, 6.45) is 5.49. The van der Waals surface area contributed by atoms with Gasteiger partial charge in [0.05, 0.1) is 7.11 Å². The van der Waals surface area contributed by atoms with Crippen molar-refractivity contribution in [1.82, 2.24) is 4.98 Å². The zero-order chi connectivity index (χ0) is 17.2. The number of ether oxygens (including phenoxy) is 1. The molecule has 2 aromatic heterocycles. The van der Waals surface area contributed by atoms with Gasteiger partial charge in [0.15, 0.2) is 10.9 Å². The van der Waals surface area contributed by atoms with Crippen LogP contribution in [0.3, 0.4) is 0 Å². The summed E-state index contributed by atoms with van der Waals surface area (Å²) in [4.78, 5) is 16.9. The van der Waals surface area contributed by atoms with Crippen LogP contribution in [0.5, 0.6) is 5.75 Å². The van der Waals surface area contributed by atoms with Crippen molar-refractivity contribution in [2.24, 2.45) is 5.92 Å². The highest BCUT2D eigenvalue weighted by molar-refractivity contribution is 7.14. The number of benzene rings is 1. The smallest absolute Gasteiger partial charge is 0.229 e. The Bertz CT molecular complexity index is 893. The van der Waals surface area contributed by atoms with E-state index in [0.717, 1.165) is 48.1 Å². The number of carbonyl (C=O) groups excluding carboxylic acids is 1. The fourth-order valence-electron chi connectivity index (χ4n) is 3.29. The number of carbonyl (C=O) groups is 1. The van der Waals surface area contributed by atoms with Gasteiger partial charge in [0.1, 0.15) is 17.0 Å². The highest BCUT2D eigenvalue weighted by atomic mass is 32.1. The van der Waals surface area contributed by atoms with Gasteiger partial charge in [-0.3, -0.25) is 4.79 Å². The Hall–Kier alpha value is -2.34. The second-order valence-corrected chi connectivity index (χ2v) is 7.23. The Morgan fingerprint density at radius 3 is 2.92 bits per heavy atom. The molecule has 1 aliphatic carbocycles. The summed E-state index contributed by atoms with van der Waals surface area (Å²) in [7, 11) is 1.64. The molecule has 0 bridgehead atoms. The lowest BCUT2D eigenvalue weighted by molar-refractivity contribution is -0.120. The summed E-state index contributed by atoms with van der Waals surface area (Å²) in [5, 5.41) is 6.46. The summed E-state index contributed by atoms with van der Waals surface area (Å²) in [5.41, 5.74) is 1.52. The van der Waals surface area contributed by atoms with Crippen molar-refractivity contribution in [2.45, 2.75) is 32.1 Å². The minimum Gasteiger partial charge on any atom is -0.497 e. The van der Waals surface area contributed by atoms with Gasteiger partial charge >= 0.3 is 0 Å². The highest BCUT2D eigenvalue weighted by Gasteiger charge is 2.22. The van der Waals surface area contributed by atoms with E-state index in [9.17, 15) is 4.79 Å². The van der Waals surface area contributed by atoms with Gasteiger partial charge in [-0.2, -0.15) is 0 Å². The van der Waals surface area contributed by atoms with Gasteiger partial charge in [-0.15, -0.1) is 11.3 Å². The molecule has 0 aliphatic heterocycles. The van der Waals surface area contributed by atoms with Crippen molar-refractivity contribution in [3.8, 4) is 17.2 Å². The van der Waals surface area contributed by atoms with Gasteiger partial charge in [-0.05, 0) is 37.1 Å². The molecular weight excluding hydrogens is 336 g/mol. The first kappa shape index (κ1) is 16.1. The molecule has 0 radical (unpaired) electrons. The molecule has 6 heteroatoms. The van der Waals surface area contributed by atoms with Crippen molar-refractivity contribution in [1.29, 1.82) is 0 Å². The molecule has 0 saturated heterocycles. The minimum absolute atomic E-state index is 0.0925. The number of rotatable bonds is 4. The first-order valence-electron chi connectivity index (χ1n) is 8.57. The first-order valence-corrected chi connectivity index (χ1v) is 9.45. The van der Waals surface area contributed by atoms with Crippen LogP contribution in [0.4, 0.5) is 5.13 Å². The van der Waals surface area contributed by atoms with Crippen LogP contribution in [-0.2, 0) is 4.79 Å². The average molecular weight is 356 g/mol. The van der Waals surface area contributed by atoms with Crippen LogP contribution in [0.2, 0.25) is 0 Å². The summed E-state index contributed by atoms with van der Waals surface area (Å²) < 4.78 is 11.1. The zero-order valence-corrected chi connectivity index (χ0v) is 14.9. The molecule has 0 atom stereocenters. The predicted molar refractivity (Wildman–Crippen MR) is 99.1 cm³/mol. The number of amides is 1.